The second-order valence-corrected chi connectivity index (χ2v) is 11.1. The first-order valence-electron chi connectivity index (χ1n) is 10.5. The lowest BCUT2D eigenvalue weighted by atomic mass is 9.85. The molecule has 158 valence electrons. The van der Waals surface area contributed by atoms with Crippen LogP contribution in [0, 0.1) is 11.8 Å². The van der Waals surface area contributed by atoms with Crippen molar-refractivity contribution in [3.8, 4) is 0 Å². The number of carbonyl (C=O) groups is 1. The molecule has 3 rings (SSSR count). The molecule has 2 fully saturated rings. The van der Waals surface area contributed by atoms with Gasteiger partial charge in [0.1, 0.15) is 4.21 Å². The normalized spacial score (nSPS) is 21.5. The third-order valence-electron chi connectivity index (χ3n) is 6.11. The molecule has 0 aromatic carbocycles. The Morgan fingerprint density at radius 2 is 1.93 bits per heavy atom. The Bertz CT molecular complexity index is 707. The summed E-state index contributed by atoms with van der Waals surface area (Å²) in [5, 5.41) is 4.88. The molecule has 0 spiro atoms. The van der Waals surface area contributed by atoms with Gasteiger partial charge in [-0.15, -0.1) is 11.3 Å². The van der Waals surface area contributed by atoms with Crippen molar-refractivity contribution in [2.75, 3.05) is 39.3 Å². The maximum atomic E-state index is 12.6. The van der Waals surface area contributed by atoms with Gasteiger partial charge in [0.15, 0.2) is 0 Å². The highest BCUT2D eigenvalue weighted by atomic mass is 32.2. The maximum absolute atomic E-state index is 12.6. The van der Waals surface area contributed by atoms with Crippen molar-refractivity contribution in [1.82, 2.24) is 14.5 Å². The average molecular weight is 428 g/mol. The summed E-state index contributed by atoms with van der Waals surface area (Å²) in [6.45, 7) is 7.15. The molecule has 0 aliphatic carbocycles. The van der Waals surface area contributed by atoms with Gasteiger partial charge < -0.3 is 10.2 Å². The number of nitrogens with zero attached hydrogens (tertiary/aromatic N) is 2. The van der Waals surface area contributed by atoms with Gasteiger partial charge in [0.2, 0.25) is 5.91 Å². The molecule has 0 radical (unpaired) electrons. The Morgan fingerprint density at radius 1 is 1.21 bits per heavy atom. The molecule has 1 aromatic heterocycles. The molecule has 3 heterocycles. The van der Waals surface area contributed by atoms with E-state index in [4.69, 9.17) is 0 Å². The van der Waals surface area contributed by atoms with Crippen molar-refractivity contribution < 1.29 is 13.2 Å². The lowest BCUT2D eigenvalue weighted by Gasteiger charge is -2.33. The van der Waals surface area contributed by atoms with Crippen LogP contribution in [0.25, 0.3) is 0 Å². The molecule has 1 aromatic rings. The number of hydrogen-bond acceptors (Lipinski definition) is 5. The lowest BCUT2D eigenvalue weighted by molar-refractivity contribution is -0.126. The van der Waals surface area contributed by atoms with Crippen molar-refractivity contribution in [1.29, 1.82) is 0 Å². The minimum absolute atomic E-state index is 0.0680. The van der Waals surface area contributed by atoms with Crippen LogP contribution in [0.3, 0.4) is 0 Å². The molecule has 28 heavy (non-hydrogen) atoms. The van der Waals surface area contributed by atoms with E-state index in [1.165, 1.54) is 43.7 Å². The second-order valence-electron chi connectivity index (χ2n) is 8.01. The first kappa shape index (κ1) is 21.7. The molecular weight excluding hydrogens is 394 g/mol. The van der Waals surface area contributed by atoms with E-state index >= 15 is 0 Å². The van der Waals surface area contributed by atoms with Gasteiger partial charge in [-0.05, 0) is 69.1 Å². The zero-order valence-electron chi connectivity index (χ0n) is 16.8. The van der Waals surface area contributed by atoms with Gasteiger partial charge in [-0.3, -0.25) is 4.79 Å². The summed E-state index contributed by atoms with van der Waals surface area (Å²) in [7, 11) is -3.37. The smallest absolute Gasteiger partial charge is 0.252 e. The van der Waals surface area contributed by atoms with Crippen LogP contribution < -0.4 is 5.32 Å². The Hall–Kier alpha value is -0.960. The van der Waals surface area contributed by atoms with Gasteiger partial charge in [0.05, 0.1) is 0 Å². The number of amides is 1. The molecule has 1 amide bonds. The average Bonchev–Trinajstić information content (AvgIpc) is 3.27. The van der Waals surface area contributed by atoms with Crippen molar-refractivity contribution in [2.24, 2.45) is 11.8 Å². The van der Waals surface area contributed by atoms with Gasteiger partial charge in [-0.2, -0.15) is 4.31 Å². The van der Waals surface area contributed by atoms with Crippen LogP contribution in [0.5, 0.6) is 0 Å². The van der Waals surface area contributed by atoms with Crippen molar-refractivity contribution in [3.63, 3.8) is 0 Å². The van der Waals surface area contributed by atoms with E-state index in [2.05, 4.69) is 10.2 Å². The summed E-state index contributed by atoms with van der Waals surface area (Å²) < 4.78 is 27.2. The van der Waals surface area contributed by atoms with E-state index in [0.29, 0.717) is 17.3 Å². The minimum Gasteiger partial charge on any atom is -0.356 e. The van der Waals surface area contributed by atoms with Gasteiger partial charge in [0.25, 0.3) is 10.0 Å². The summed E-state index contributed by atoms with van der Waals surface area (Å²) in [6.07, 6.45) is 6.42. The molecule has 1 unspecified atom stereocenters. The van der Waals surface area contributed by atoms with Crippen molar-refractivity contribution in [2.45, 2.75) is 49.7 Å². The predicted octanol–water partition coefficient (Wildman–Crippen LogP) is 2.78. The topological polar surface area (TPSA) is 69.7 Å². The number of sulfonamides is 1. The van der Waals surface area contributed by atoms with Crippen LogP contribution in [0.2, 0.25) is 0 Å². The predicted molar refractivity (Wildman–Crippen MR) is 113 cm³/mol. The third kappa shape index (κ3) is 5.55. The van der Waals surface area contributed by atoms with Gasteiger partial charge in [-0.25, -0.2) is 8.42 Å². The number of nitrogens with one attached hydrogen (secondary N) is 1. The van der Waals surface area contributed by atoms with Crippen LogP contribution in [0.1, 0.15) is 45.4 Å². The molecule has 1 atom stereocenters. The fraction of sp³-hybridized carbons (Fsp3) is 0.750. The summed E-state index contributed by atoms with van der Waals surface area (Å²) in [5.41, 5.74) is 0. The summed E-state index contributed by atoms with van der Waals surface area (Å²) in [4.78, 5) is 15.0. The minimum atomic E-state index is -3.37. The molecule has 6 nitrogen and oxygen atoms in total. The number of likely N-dealkylation sites (tertiary alicyclic amines) is 1. The molecule has 2 saturated heterocycles. The number of piperidine rings is 2. The summed E-state index contributed by atoms with van der Waals surface area (Å²) in [5.74, 6) is 0.289. The standard InChI is InChI=1S/C20H33N3O3S2/c1-17(20(24)21-10-6-13-22-11-3-2-4-12-22)18-8-14-23(15-9-18)28(25,26)19-7-5-16-27-19/h5,7,16-18H,2-4,6,8-15H2,1H3,(H,21,24). The monoisotopic (exact) mass is 427 g/mol. The SMILES string of the molecule is CC(C(=O)NCCCN1CCCCC1)C1CCN(S(=O)(=O)c2cccs2)CC1. The van der Waals surface area contributed by atoms with Crippen molar-refractivity contribution in [3.05, 3.63) is 17.5 Å². The highest BCUT2D eigenvalue weighted by molar-refractivity contribution is 7.91. The van der Waals surface area contributed by atoms with Gasteiger partial charge in [0, 0.05) is 25.6 Å². The van der Waals surface area contributed by atoms with Crippen LogP contribution >= 0.6 is 11.3 Å². The second kappa shape index (κ2) is 10.2. The number of hydrogen-bond donors (Lipinski definition) is 1. The zero-order chi connectivity index (χ0) is 20.0. The number of rotatable bonds is 8. The van der Waals surface area contributed by atoms with Crippen molar-refractivity contribution >= 4 is 27.3 Å². The van der Waals surface area contributed by atoms with E-state index in [1.807, 2.05) is 6.92 Å². The molecule has 1 N–H and O–H groups in total. The maximum Gasteiger partial charge on any atom is 0.252 e. The van der Waals surface area contributed by atoms with Crippen LogP contribution in [-0.4, -0.2) is 62.8 Å². The fourth-order valence-corrected chi connectivity index (χ4v) is 6.84. The lowest BCUT2D eigenvalue weighted by Crippen LogP contribution is -2.42. The highest BCUT2D eigenvalue weighted by Gasteiger charge is 2.33. The van der Waals surface area contributed by atoms with E-state index < -0.39 is 10.0 Å². The van der Waals surface area contributed by atoms with Gasteiger partial charge in [-0.1, -0.05) is 19.4 Å². The molecule has 2 aliphatic rings. The summed E-state index contributed by atoms with van der Waals surface area (Å²) in [6, 6.07) is 3.42. The number of thiophene rings is 1. The van der Waals surface area contributed by atoms with E-state index in [-0.39, 0.29) is 17.7 Å². The van der Waals surface area contributed by atoms with Crippen LogP contribution in [-0.2, 0) is 14.8 Å². The Labute approximate surface area is 173 Å². The van der Waals surface area contributed by atoms with Crippen LogP contribution in [0.15, 0.2) is 21.7 Å². The van der Waals surface area contributed by atoms with E-state index in [9.17, 15) is 13.2 Å². The van der Waals surface area contributed by atoms with Gasteiger partial charge >= 0.3 is 0 Å². The fourth-order valence-electron chi connectivity index (χ4n) is 4.23. The Kier molecular flexibility index (Phi) is 7.91. The number of carbonyl (C=O) groups excluding carboxylic acids is 1. The van der Waals surface area contributed by atoms with Crippen LogP contribution in [0.4, 0.5) is 0 Å². The van der Waals surface area contributed by atoms with E-state index in [1.54, 1.807) is 21.8 Å². The third-order valence-corrected chi connectivity index (χ3v) is 9.38. The largest absolute Gasteiger partial charge is 0.356 e. The highest BCUT2D eigenvalue weighted by Crippen LogP contribution is 2.29. The molecular formula is C20H33N3O3S2. The molecule has 0 bridgehead atoms. The Balaban J connectivity index is 1.38. The van der Waals surface area contributed by atoms with E-state index in [0.717, 1.165) is 32.4 Å². The Morgan fingerprint density at radius 3 is 2.57 bits per heavy atom. The molecule has 2 aliphatic heterocycles. The quantitative estimate of drug-likeness (QED) is 0.648. The zero-order valence-corrected chi connectivity index (χ0v) is 18.4. The molecule has 0 saturated carbocycles. The molecule has 8 heteroatoms. The first-order chi connectivity index (χ1) is 13.5. The first-order valence-corrected chi connectivity index (χ1v) is 12.8. The summed E-state index contributed by atoms with van der Waals surface area (Å²) >= 11 is 1.26.